The van der Waals surface area contributed by atoms with Gasteiger partial charge in [0.15, 0.2) is 6.10 Å². The van der Waals surface area contributed by atoms with Crippen LogP contribution in [0, 0.1) is 18.3 Å². The molecule has 0 unspecified atom stereocenters. The molecule has 0 aliphatic carbocycles. The molecule has 0 amide bonds. The molecule has 0 N–H and O–H groups in total. The lowest BCUT2D eigenvalue weighted by Crippen LogP contribution is -2.14. The van der Waals surface area contributed by atoms with Crippen molar-refractivity contribution in [1.82, 2.24) is 4.98 Å². The molecule has 5 nitrogen and oxygen atoms in total. The second-order valence-electron chi connectivity index (χ2n) is 4.32. The number of aromatic nitrogens is 1. The lowest BCUT2D eigenvalue weighted by molar-refractivity contribution is 0.0430. The Hall–Kier alpha value is -2.39. The third kappa shape index (κ3) is 4.04. The molecular weight excluding hydrogens is 288 g/mol. The van der Waals surface area contributed by atoms with Gasteiger partial charge < -0.3 is 9.47 Å². The van der Waals surface area contributed by atoms with Crippen molar-refractivity contribution < 1.29 is 14.3 Å². The van der Waals surface area contributed by atoms with Gasteiger partial charge in [-0.1, -0.05) is 12.1 Å². The third-order valence-corrected chi connectivity index (χ3v) is 3.44. The lowest BCUT2D eigenvalue weighted by atomic mass is 10.2. The number of hydrogen-bond donors (Lipinski definition) is 0. The molecule has 108 valence electrons. The van der Waals surface area contributed by atoms with Crippen molar-refractivity contribution >= 4 is 17.3 Å². The molecule has 6 heteroatoms. The smallest absolute Gasteiger partial charge is 0.343 e. The Kier molecular flexibility index (Phi) is 4.90. The second kappa shape index (κ2) is 6.86. The molecular formula is C15H14N2O3S. The number of thiazole rings is 1. The first-order valence-electron chi connectivity index (χ1n) is 6.33. The number of para-hydroxylation sites is 1. The summed E-state index contributed by atoms with van der Waals surface area (Å²) in [6.45, 7) is 3.71. The van der Waals surface area contributed by atoms with Gasteiger partial charge in [0.05, 0.1) is 10.7 Å². The van der Waals surface area contributed by atoms with E-state index in [0.717, 1.165) is 10.7 Å². The van der Waals surface area contributed by atoms with Crippen molar-refractivity contribution in [1.29, 1.82) is 5.26 Å². The van der Waals surface area contributed by atoms with Crippen molar-refractivity contribution in [3.8, 4) is 11.8 Å². The predicted molar refractivity (Wildman–Crippen MR) is 78.1 cm³/mol. The summed E-state index contributed by atoms with van der Waals surface area (Å²) in [5.41, 5.74) is 1.11. The molecule has 0 aliphatic rings. The van der Waals surface area contributed by atoms with E-state index < -0.39 is 12.1 Å². The van der Waals surface area contributed by atoms with Crippen molar-refractivity contribution in [2.45, 2.75) is 26.6 Å². The molecule has 0 aliphatic heterocycles. The van der Waals surface area contributed by atoms with Gasteiger partial charge in [-0.25, -0.2) is 9.78 Å². The molecule has 1 aromatic carbocycles. The van der Waals surface area contributed by atoms with Crippen LogP contribution < -0.4 is 4.74 Å². The summed E-state index contributed by atoms with van der Waals surface area (Å²) in [7, 11) is 0. The fourth-order valence-corrected chi connectivity index (χ4v) is 2.24. The van der Waals surface area contributed by atoms with Gasteiger partial charge in [-0.3, -0.25) is 0 Å². The van der Waals surface area contributed by atoms with E-state index in [0.29, 0.717) is 11.3 Å². The van der Waals surface area contributed by atoms with E-state index in [9.17, 15) is 4.79 Å². The Morgan fingerprint density at radius 2 is 2.24 bits per heavy atom. The Labute approximate surface area is 126 Å². The zero-order valence-corrected chi connectivity index (χ0v) is 12.5. The first-order chi connectivity index (χ1) is 10.1. The van der Waals surface area contributed by atoms with Crippen LogP contribution in [0.3, 0.4) is 0 Å². The van der Waals surface area contributed by atoms with Crippen LogP contribution in [0.1, 0.15) is 28.0 Å². The van der Waals surface area contributed by atoms with Crippen LogP contribution >= 0.6 is 11.3 Å². The number of hydrogen-bond acceptors (Lipinski definition) is 6. The summed E-state index contributed by atoms with van der Waals surface area (Å²) in [4.78, 5) is 16.3. The normalized spacial score (nSPS) is 11.5. The van der Waals surface area contributed by atoms with Crippen LogP contribution in [0.5, 0.6) is 5.75 Å². The monoisotopic (exact) mass is 302 g/mol. The minimum absolute atomic E-state index is 0.280. The lowest BCUT2D eigenvalue weighted by Gasteiger charge is -2.11. The molecule has 0 bridgehead atoms. The Morgan fingerprint density at radius 1 is 1.48 bits per heavy atom. The molecule has 21 heavy (non-hydrogen) atoms. The summed E-state index contributed by atoms with van der Waals surface area (Å²) >= 11 is 1.54. The number of aryl methyl sites for hydroxylation is 1. The Balaban J connectivity index is 2.09. The zero-order valence-electron chi connectivity index (χ0n) is 11.7. The fourth-order valence-electron chi connectivity index (χ4n) is 1.64. The molecule has 1 aromatic heterocycles. The molecule has 2 rings (SSSR count). The minimum Gasteiger partial charge on any atom is -0.486 e. The SMILES string of the molecule is Cc1nc(COc2ccccc2C(=O)O[C@H](C)C#N)cs1. The predicted octanol–water partition coefficient (Wildman–Crippen LogP) is 3.10. The Morgan fingerprint density at radius 3 is 2.90 bits per heavy atom. The fraction of sp³-hybridized carbons (Fsp3) is 0.267. The number of nitriles is 1. The zero-order chi connectivity index (χ0) is 15.2. The maximum Gasteiger partial charge on any atom is 0.343 e. The number of ether oxygens (including phenoxy) is 2. The average molecular weight is 302 g/mol. The molecule has 0 saturated heterocycles. The van der Waals surface area contributed by atoms with E-state index in [1.165, 1.54) is 6.92 Å². The van der Waals surface area contributed by atoms with E-state index in [4.69, 9.17) is 14.7 Å². The average Bonchev–Trinajstić information content (AvgIpc) is 2.90. The van der Waals surface area contributed by atoms with Gasteiger partial charge in [0.1, 0.15) is 24.0 Å². The highest BCUT2D eigenvalue weighted by molar-refractivity contribution is 7.09. The van der Waals surface area contributed by atoms with Crippen LogP contribution in [0.4, 0.5) is 0 Å². The largest absolute Gasteiger partial charge is 0.486 e. The van der Waals surface area contributed by atoms with E-state index in [-0.39, 0.29) is 6.61 Å². The molecule has 0 radical (unpaired) electrons. The van der Waals surface area contributed by atoms with E-state index >= 15 is 0 Å². The maximum absolute atomic E-state index is 12.0. The molecule has 0 fully saturated rings. The quantitative estimate of drug-likeness (QED) is 0.794. The van der Waals surface area contributed by atoms with Crippen LogP contribution in [-0.2, 0) is 11.3 Å². The van der Waals surface area contributed by atoms with E-state index in [1.807, 2.05) is 18.4 Å². The van der Waals surface area contributed by atoms with Crippen molar-refractivity contribution in [3.05, 3.63) is 45.9 Å². The minimum atomic E-state index is -0.799. The summed E-state index contributed by atoms with van der Waals surface area (Å²) in [5, 5.41) is 11.6. The standard InChI is InChI=1S/C15H14N2O3S/c1-10(7-16)20-15(18)13-5-3-4-6-14(13)19-8-12-9-21-11(2)17-12/h3-6,9-10H,8H2,1-2H3/t10-/m1/s1. The highest BCUT2D eigenvalue weighted by atomic mass is 32.1. The number of carbonyl (C=O) groups excluding carboxylic acids is 1. The number of rotatable bonds is 5. The summed E-state index contributed by atoms with van der Waals surface area (Å²) < 4.78 is 10.6. The summed E-state index contributed by atoms with van der Waals surface area (Å²) in [6, 6.07) is 8.63. The first kappa shape index (κ1) is 15.0. The van der Waals surface area contributed by atoms with Crippen LogP contribution in [0.15, 0.2) is 29.6 Å². The molecule has 1 atom stereocenters. The van der Waals surface area contributed by atoms with Gasteiger partial charge in [-0.15, -0.1) is 11.3 Å². The molecule has 0 spiro atoms. The van der Waals surface area contributed by atoms with Gasteiger partial charge in [-0.2, -0.15) is 5.26 Å². The van der Waals surface area contributed by atoms with Gasteiger partial charge in [0.25, 0.3) is 0 Å². The van der Waals surface area contributed by atoms with Crippen LogP contribution in [0.25, 0.3) is 0 Å². The van der Waals surface area contributed by atoms with E-state index in [2.05, 4.69) is 4.98 Å². The highest BCUT2D eigenvalue weighted by Gasteiger charge is 2.16. The number of esters is 1. The van der Waals surface area contributed by atoms with Crippen molar-refractivity contribution in [3.63, 3.8) is 0 Å². The van der Waals surface area contributed by atoms with Crippen LogP contribution in [0.2, 0.25) is 0 Å². The van der Waals surface area contributed by atoms with Crippen LogP contribution in [-0.4, -0.2) is 17.1 Å². The van der Waals surface area contributed by atoms with Crippen molar-refractivity contribution in [2.24, 2.45) is 0 Å². The molecule has 0 saturated carbocycles. The van der Waals surface area contributed by atoms with Gasteiger partial charge in [0, 0.05) is 5.38 Å². The summed E-state index contributed by atoms with van der Waals surface area (Å²) in [6.07, 6.45) is -0.799. The van der Waals surface area contributed by atoms with Gasteiger partial charge in [-0.05, 0) is 26.0 Å². The molecule has 2 aromatic rings. The third-order valence-electron chi connectivity index (χ3n) is 2.61. The number of benzene rings is 1. The second-order valence-corrected chi connectivity index (χ2v) is 5.38. The van der Waals surface area contributed by atoms with Gasteiger partial charge in [0.2, 0.25) is 0 Å². The highest BCUT2D eigenvalue weighted by Crippen LogP contribution is 2.21. The molecule has 1 heterocycles. The van der Waals surface area contributed by atoms with Gasteiger partial charge >= 0.3 is 5.97 Å². The number of carbonyl (C=O) groups is 1. The maximum atomic E-state index is 12.0. The number of nitrogens with zero attached hydrogens (tertiary/aromatic N) is 2. The van der Waals surface area contributed by atoms with Crippen molar-refractivity contribution in [2.75, 3.05) is 0 Å². The first-order valence-corrected chi connectivity index (χ1v) is 7.21. The Bertz CT molecular complexity index is 676. The summed E-state index contributed by atoms with van der Waals surface area (Å²) in [5.74, 6) is -0.160. The topological polar surface area (TPSA) is 72.2 Å². The van der Waals surface area contributed by atoms with E-state index in [1.54, 1.807) is 35.6 Å².